The first-order valence-corrected chi connectivity index (χ1v) is 5.97. The molecule has 0 bridgehead atoms. The first kappa shape index (κ1) is 16.5. The first-order valence-electron chi connectivity index (χ1n) is 5.97. The van der Waals surface area contributed by atoms with Crippen molar-refractivity contribution in [3.8, 4) is 17.5 Å². The number of aryl methyl sites for hydroxylation is 1. The van der Waals surface area contributed by atoms with Gasteiger partial charge in [0.1, 0.15) is 6.20 Å². The quantitative estimate of drug-likeness (QED) is 0.815. The highest BCUT2D eigenvalue weighted by atomic mass is 19.4. The van der Waals surface area contributed by atoms with Crippen molar-refractivity contribution >= 4 is 0 Å². The molecule has 8 heteroatoms. The zero-order valence-electron chi connectivity index (χ0n) is 11.2. The van der Waals surface area contributed by atoms with Gasteiger partial charge in [0, 0.05) is 30.9 Å². The molecule has 2 aromatic heterocycles. The van der Waals surface area contributed by atoms with Crippen molar-refractivity contribution in [2.45, 2.75) is 26.1 Å². The molecule has 0 aliphatic rings. The second-order valence-corrected chi connectivity index (χ2v) is 3.94. The Morgan fingerprint density at radius 3 is 2.38 bits per heavy atom. The van der Waals surface area contributed by atoms with Crippen molar-refractivity contribution in [3.63, 3.8) is 0 Å². The van der Waals surface area contributed by atoms with Gasteiger partial charge in [-0.1, -0.05) is 4.68 Å². The molecule has 0 spiro atoms. The minimum absolute atomic E-state index is 0.188. The first-order chi connectivity index (χ1) is 9.90. The average molecular weight is 296 g/mol. The maximum Gasteiger partial charge on any atom is 0.386 e. The van der Waals surface area contributed by atoms with E-state index in [1.165, 1.54) is 0 Å². The number of hydrogen-bond acceptors (Lipinski definition) is 4. The van der Waals surface area contributed by atoms with E-state index >= 15 is 0 Å². The standard InChI is InChI=1S/C11H10N5.C2H3F3/c12-4-1-7-16-8-3-10(9-15-16)11-13-5-2-6-14-11;1-2(3,4)5/h2-3,5-6,8-9H,1,7H2;1H3/q+1;. The number of nitrogens with zero attached hydrogens (tertiary/aromatic N) is 5. The summed E-state index contributed by atoms with van der Waals surface area (Å²) in [5, 5.41) is 12.6. The summed E-state index contributed by atoms with van der Waals surface area (Å²) in [7, 11) is 0. The van der Waals surface area contributed by atoms with E-state index in [2.05, 4.69) is 21.1 Å². The van der Waals surface area contributed by atoms with Crippen molar-refractivity contribution in [3.05, 3.63) is 36.9 Å². The van der Waals surface area contributed by atoms with E-state index in [-0.39, 0.29) is 6.92 Å². The Hall–Kier alpha value is -2.56. The molecule has 0 aliphatic carbocycles. The lowest BCUT2D eigenvalue weighted by Gasteiger charge is -1.96. The van der Waals surface area contributed by atoms with Crippen LogP contribution in [0.15, 0.2) is 36.9 Å². The molecule has 21 heavy (non-hydrogen) atoms. The molecule has 0 saturated heterocycles. The van der Waals surface area contributed by atoms with Crippen molar-refractivity contribution in [2.75, 3.05) is 0 Å². The van der Waals surface area contributed by atoms with Gasteiger partial charge in [0.25, 0.3) is 0 Å². The van der Waals surface area contributed by atoms with Crippen LogP contribution in [-0.4, -0.2) is 21.2 Å². The van der Waals surface area contributed by atoms with Crippen LogP contribution >= 0.6 is 0 Å². The number of alkyl halides is 3. The summed E-state index contributed by atoms with van der Waals surface area (Å²) in [4.78, 5) is 8.26. The van der Waals surface area contributed by atoms with E-state index in [1.54, 1.807) is 29.3 Å². The van der Waals surface area contributed by atoms with E-state index in [9.17, 15) is 13.2 Å². The fourth-order valence-corrected chi connectivity index (χ4v) is 1.26. The van der Waals surface area contributed by atoms with Crippen LogP contribution in [0.3, 0.4) is 0 Å². The van der Waals surface area contributed by atoms with Gasteiger partial charge in [-0.25, -0.2) is 9.97 Å². The predicted octanol–water partition coefficient (Wildman–Crippen LogP) is 2.31. The summed E-state index contributed by atoms with van der Waals surface area (Å²) in [6, 6.07) is 5.74. The van der Waals surface area contributed by atoms with Crippen molar-refractivity contribution in [1.82, 2.24) is 15.1 Å². The molecule has 2 aromatic rings. The topological polar surface area (TPSA) is 66.3 Å². The van der Waals surface area contributed by atoms with Crippen LogP contribution in [0.2, 0.25) is 0 Å². The van der Waals surface area contributed by atoms with Crippen LogP contribution < -0.4 is 4.68 Å². The van der Waals surface area contributed by atoms with Gasteiger partial charge < -0.3 is 0 Å². The monoisotopic (exact) mass is 296 g/mol. The summed E-state index contributed by atoms with van der Waals surface area (Å²) < 4.78 is 32.8. The van der Waals surface area contributed by atoms with Crippen molar-refractivity contribution in [2.24, 2.45) is 0 Å². The smallest absolute Gasteiger partial charge is 0.237 e. The molecule has 0 fully saturated rings. The molecule has 0 aromatic carbocycles. The van der Waals surface area contributed by atoms with E-state index in [0.717, 1.165) is 5.56 Å². The summed E-state index contributed by atoms with van der Waals surface area (Å²) in [6.45, 7) is 0.791. The molecular weight excluding hydrogens is 283 g/mol. The fourth-order valence-electron chi connectivity index (χ4n) is 1.26. The van der Waals surface area contributed by atoms with Gasteiger partial charge in [0.15, 0.2) is 18.6 Å². The van der Waals surface area contributed by atoms with E-state index in [4.69, 9.17) is 5.26 Å². The number of rotatable bonds is 3. The Kier molecular flexibility index (Phi) is 6.20. The molecular formula is C13H13F3N5+. The second kappa shape index (κ2) is 7.89. The molecule has 0 amide bonds. The Labute approximate surface area is 119 Å². The van der Waals surface area contributed by atoms with Crippen LogP contribution in [0.25, 0.3) is 11.4 Å². The summed E-state index contributed by atoms with van der Waals surface area (Å²) in [6.07, 6.45) is 3.37. The number of hydrogen-bond donors (Lipinski definition) is 0. The Morgan fingerprint density at radius 1 is 1.29 bits per heavy atom. The minimum Gasteiger partial charge on any atom is -0.237 e. The minimum atomic E-state index is -4.00. The zero-order chi connectivity index (χ0) is 15.7. The molecule has 0 radical (unpaired) electrons. The zero-order valence-corrected chi connectivity index (χ0v) is 11.2. The molecule has 2 rings (SSSR count). The van der Waals surface area contributed by atoms with Gasteiger partial charge in [-0.2, -0.15) is 18.4 Å². The molecule has 0 N–H and O–H groups in total. The maximum absolute atomic E-state index is 10.4. The van der Waals surface area contributed by atoms with Crippen LogP contribution in [0.4, 0.5) is 13.2 Å². The Morgan fingerprint density at radius 2 is 1.90 bits per heavy atom. The number of halogens is 3. The largest absolute Gasteiger partial charge is 0.386 e. The molecule has 2 heterocycles. The maximum atomic E-state index is 10.4. The lowest BCUT2D eigenvalue weighted by atomic mass is 10.3. The predicted molar refractivity (Wildman–Crippen MR) is 67.4 cm³/mol. The highest BCUT2D eigenvalue weighted by Crippen LogP contribution is 2.10. The summed E-state index contributed by atoms with van der Waals surface area (Å²) in [5.74, 6) is 0.655. The van der Waals surface area contributed by atoms with E-state index in [1.807, 2.05) is 12.3 Å². The normalized spacial score (nSPS) is 10.2. The van der Waals surface area contributed by atoms with Gasteiger partial charge in [-0.3, -0.25) is 0 Å². The van der Waals surface area contributed by atoms with Crippen LogP contribution in [0.5, 0.6) is 0 Å². The van der Waals surface area contributed by atoms with Gasteiger partial charge >= 0.3 is 6.18 Å². The number of nitriles is 1. The highest BCUT2D eigenvalue weighted by Gasteiger charge is 2.15. The van der Waals surface area contributed by atoms with E-state index < -0.39 is 6.18 Å². The lowest BCUT2D eigenvalue weighted by Crippen LogP contribution is -2.37. The molecule has 0 aliphatic heterocycles. The van der Waals surface area contributed by atoms with Crippen LogP contribution in [0, 0.1) is 11.3 Å². The van der Waals surface area contributed by atoms with Crippen LogP contribution in [-0.2, 0) is 6.54 Å². The van der Waals surface area contributed by atoms with Gasteiger partial charge in [-0.05, 0) is 11.2 Å². The molecule has 0 unspecified atom stereocenters. The van der Waals surface area contributed by atoms with Gasteiger partial charge in [0.05, 0.1) is 12.5 Å². The SMILES string of the molecule is CC(F)(F)F.N#CCC[n+]1ccc(-c2ncccn2)cn1. The van der Waals surface area contributed by atoms with Gasteiger partial charge in [0.2, 0.25) is 0 Å². The molecule has 0 atom stereocenters. The van der Waals surface area contributed by atoms with E-state index in [0.29, 0.717) is 18.8 Å². The summed E-state index contributed by atoms with van der Waals surface area (Å²) in [5.41, 5.74) is 0.869. The molecule has 0 saturated carbocycles. The Balaban J connectivity index is 0.000000383. The third-order valence-corrected chi connectivity index (χ3v) is 2.05. The molecule has 5 nitrogen and oxygen atoms in total. The van der Waals surface area contributed by atoms with Crippen molar-refractivity contribution in [1.29, 1.82) is 5.26 Å². The second-order valence-electron chi connectivity index (χ2n) is 3.94. The van der Waals surface area contributed by atoms with Crippen molar-refractivity contribution < 1.29 is 17.9 Å². The Bertz CT molecular complexity index is 569. The summed E-state index contributed by atoms with van der Waals surface area (Å²) >= 11 is 0. The number of aromatic nitrogens is 4. The average Bonchev–Trinajstić information content (AvgIpc) is 2.45. The lowest BCUT2D eigenvalue weighted by molar-refractivity contribution is -0.752. The molecule has 110 valence electrons. The fraction of sp³-hybridized carbons (Fsp3) is 0.308. The van der Waals surface area contributed by atoms with Gasteiger partial charge in [-0.15, -0.1) is 0 Å². The van der Waals surface area contributed by atoms with Crippen LogP contribution in [0.1, 0.15) is 13.3 Å². The third-order valence-electron chi connectivity index (χ3n) is 2.05. The third kappa shape index (κ3) is 7.57. The highest BCUT2D eigenvalue weighted by molar-refractivity contribution is 5.51.